The molecule has 2 aromatic heterocycles. The lowest BCUT2D eigenvalue weighted by atomic mass is 10.1. The molecule has 0 fully saturated rings. The minimum absolute atomic E-state index is 0.0733. The maximum Gasteiger partial charge on any atom is 0.112 e. The van der Waals surface area contributed by atoms with Crippen LogP contribution in [0.1, 0.15) is 44.5 Å². The molecule has 0 bridgehead atoms. The topological polar surface area (TPSA) is 61.7 Å². The molecule has 1 atom stereocenters. The van der Waals surface area contributed by atoms with Gasteiger partial charge in [0.2, 0.25) is 0 Å². The second kappa shape index (κ2) is 4.65. The molecule has 5 nitrogen and oxygen atoms in total. The molecule has 1 unspecified atom stereocenters. The minimum atomic E-state index is 0.0733. The molecular weight excluding hydrogens is 262 g/mol. The van der Waals surface area contributed by atoms with E-state index in [9.17, 15) is 0 Å². The maximum atomic E-state index is 6.26. The SMILES string of the molecule is CC(C)n1ncc(Cl)c1-c1cc2n(n1)CCCC2N. The summed E-state index contributed by atoms with van der Waals surface area (Å²) < 4.78 is 3.90. The molecule has 6 heteroatoms. The van der Waals surface area contributed by atoms with Crippen molar-refractivity contribution in [3.05, 3.63) is 23.0 Å². The average molecular weight is 280 g/mol. The molecule has 19 heavy (non-hydrogen) atoms. The van der Waals surface area contributed by atoms with E-state index in [2.05, 4.69) is 24.0 Å². The highest BCUT2D eigenvalue weighted by Gasteiger charge is 2.23. The number of nitrogens with two attached hydrogens (primary N) is 1. The van der Waals surface area contributed by atoms with E-state index in [1.807, 2.05) is 15.4 Å². The fourth-order valence-corrected chi connectivity index (χ4v) is 2.83. The molecule has 0 saturated carbocycles. The van der Waals surface area contributed by atoms with Crippen LogP contribution in [-0.2, 0) is 6.54 Å². The monoisotopic (exact) mass is 279 g/mol. The van der Waals surface area contributed by atoms with Gasteiger partial charge in [-0.1, -0.05) is 11.6 Å². The third kappa shape index (κ3) is 2.07. The van der Waals surface area contributed by atoms with Gasteiger partial charge in [0.1, 0.15) is 11.4 Å². The van der Waals surface area contributed by atoms with Gasteiger partial charge >= 0.3 is 0 Å². The molecule has 2 N–H and O–H groups in total. The summed E-state index contributed by atoms with van der Waals surface area (Å²) in [7, 11) is 0. The number of aromatic nitrogens is 4. The van der Waals surface area contributed by atoms with Crippen molar-refractivity contribution >= 4 is 11.6 Å². The Morgan fingerprint density at radius 3 is 2.95 bits per heavy atom. The van der Waals surface area contributed by atoms with Gasteiger partial charge in [-0.25, -0.2) is 0 Å². The number of hydrogen-bond donors (Lipinski definition) is 1. The van der Waals surface area contributed by atoms with E-state index >= 15 is 0 Å². The summed E-state index contributed by atoms with van der Waals surface area (Å²) in [4.78, 5) is 0. The van der Waals surface area contributed by atoms with Gasteiger partial charge < -0.3 is 5.73 Å². The fraction of sp³-hybridized carbons (Fsp3) is 0.538. The molecule has 3 heterocycles. The van der Waals surface area contributed by atoms with Crippen LogP contribution in [0.25, 0.3) is 11.4 Å². The molecule has 0 saturated heterocycles. The van der Waals surface area contributed by atoms with Crippen molar-refractivity contribution in [2.75, 3.05) is 0 Å². The Balaban J connectivity index is 2.10. The van der Waals surface area contributed by atoms with Crippen molar-refractivity contribution in [1.29, 1.82) is 0 Å². The maximum absolute atomic E-state index is 6.26. The van der Waals surface area contributed by atoms with Gasteiger partial charge in [-0.05, 0) is 32.8 Å². The zero-order valence-electron chi connectivity index (χ0n) is 11.2. The molecule has 102 valence electrons. The summed E-state index contributed by atoms with van der Waals surface area (Å²) in [6.07, 6.45) is 3.77. The van der Waals surface area contributed by atoms with Gasteiger partial charge in [0.15, 0.2) is 0 Å². The Kier molecular flexibility index (Phi) is 3.11. The predicted octanol–water partition coefficient (Wildman–Crippen LogP) is 2.77. The van der Waals surface area contributed by atoms with Gasteiger partial charge in [0, 0.05) is 18.6 Å². The van der Waals surface area contributed by atoms with Gasteiger partial charge in [-0.3, -0.25) is 9.36 Å². The van der Waals surface area contributed by atoms with Gasteiger partial charge in [-0.15, -0.1) is 0 Å². The van der Waals surface area contributed by atoms with Crippen molar-refractivity contribution in [3.63, 3.8) is 0 Å². The van der Waals surface area contributed by atoms with E-state index in [1.54, 1.807) is 6.20 Å². The number of rotatable bonds is 2. The Hall–Kier alpha value is -1.33. The lowest BCUT2D eigenvalue weighted by Gasteiger charge is -2.19. The normalized spacial score (nSPS) is 18.9. The van der Waals surface area contributed by atoms with E-state index in [1.165, 1.54) is 0 Å². The summed E-state index contributed by atoms with van der Waals surface area (Å²) >= 11 is 6.26. The third-order valence-electron chi connectivity index (χ3n) is 3.56. The summed E-state index contributed by atoms with van der Waals surface area (Å²) in [6, 6.07) is 2.37. The molecule has 1 aliphatic rings. The zero-order chi connectivity index (χ0) is 13.6. The molecule has 0 aliphatic carbocycles. The van der Waals surface area contributed by atoms with Crippen LogP contribution in [0, 0.1) is 0 Å². The van der Waals surface area contributed by atoms with Crippen molar-refractivity contribution in [3.8, 4) is 11.4 Å². The van der Waals surface area contributed by atoms with Crippen molar-refractivity contribution in [1.82, 2.24) is 19.6 Å². The van der Waals surface area contributed by atoms with E-state index in [0.29, 0.717) is 5.02 Å². The highest BCUT2D eigenvalue weighted by molar-refractivity contribution is 6.32. The lowest BCUT2D eigenvalue weighted by Crippen LogP contribution is -2.21. The number of hydrogen-bond acceptors (Lipinski definition) is 3. The standard InChI is InChI=1S/C13H18ClN5/c1-8(2)19-13(9(14)7-16-19)11-6-12-10(15)4-3-5-18(12)17-11/h6-8,10H,3-5,15H2,1-2H3. The number of fused-ring (bicyclic) bond motifs is 1. The molecule has 2 aromatic rings. The minimum Gasteiger partial charge on any atom is -0.323 e. The second-order valence-electron chi connectivity index (χ2n) is 5.31. The Morgan fingerprint density at radius 1 is 1.47 bits per heavy atom. The van der Waals surface area contributed by atoms with E-state index in [0.717, 1.165) is 36.5 Å². The van der Waals surface area contributed by atoms with Crippen LogP contribution in [0.3, 0.4) is 0 Å². The Labute approximate surface area is 117 Å². The first-order chi connectivity index (χ1) is 9.08. The summed E-state index contributed by atoms with van der Waals surface area (Å²) in [5.74, 6) is 0. The molecule has 0 radical (unpaired) electrons. The van der Waals surface area contributed by atoms with Crippen LogP contribution in [-0.4, -0.2) is 19.6 Å². The Morgan fingerprint density at radius 2 is 2.26 bits per heavy atom. The zero-order valence-corrected chi connectivity index (χ0v) is 11.9. The van der Waals surface area contributed by atoms with Crippen molar-refractivity contribution < 1.29 is 0 Å². The van der Waals surface area contributed by atoms with E-state index < -0.39 is 0 Å². The summed E-state index contributed by atoms with van der Waals surface area (Å²) in [6.45, 7) is 5.08. The molecule has 0 amide bonds. The van der Waals surface area contributed by atoms with Crippen LogP contribution in [0.5, 0.6) is 0 Å². The number of halogens is 1. The first kappa shape index (κ1) is 12.7. The van der Waals surface area contributed by atoms with E-state index in [-0.39, 0.29) is 12.1 Å². The third-order valence-corrected chi connectivity index (χ3v) is 3.84. The first-order valence-corrected chi connectivity index (χ1v) is 7.02. The molecule has 0 aromatic carbocycles. The fourth-order valence-electron chi connectivity index (χ4n) is 2.61. The van der Waals surface area contributed by atoms with Gasteiger partial charge in [0.25, 0.3) is 0 Å². The highest BCUT2D eigenvalue weighted by Crippen LogP contribution is 2.32. The van der Waals surface area contributed by atoms with Crippen LogP contribution < -0.4 is 5.73 Å². The summed E-state index contributed by atoms with van der Waals surface area (Å²) in [5.41, 5.74) is 8.97. The average Bonchev–Trinajstić information content (AvgIpc) is 2.92. The molecule has 0 spiro atoms. The van der Waals surface area contributed by atoms with E-state index in [4.69, 9.17) is 17.3 Å². The molecule has 3 rings (SSSR count). The van der Waals surface area contributed by atoms with Crippen molar-refractivity contribution in [2.24, 2.45) is 5.73 Å². The second-order valence-corrected chi connectivity index (χ2v) is 5.71. The molecule has 1 aliphatic heterocycles. The first-order valence-electron chi connectivity index (χ1n) is 6.64. The number of aryl methyl sites for hydroxylation is 1. The van der Waals surface area contributed by atoms with Crippen LogP contribution in [0.4, 0.5) is 0 Å². The van der Waals surface area contributed by atoms with Crippen LogP contribution in [0.15, 0.2) is 12.3 Å². The largest absolute Gasteiger partial charge is 0.323 e. The van der Waals surface area contributed by atoms with Gasteiger partial charge in [-0.2, -0.15) is 10.2 Å². The quantitative estimate of drug-likeness (QED) is 0.919. The van der Waals surface area contributed by atoms with Gasteiger partial charge in [0.05, 0.1) is 16.9 Å². The van der Waals surface area contributed by atoms with Crippen LogP contribution >= 0.6 is 11.6 Å². The lowest BCUT2D eigenvalue weighted by molar-refractivity contribution is 0.430. The van der Waals surface area contributed by atoms with Crippen LogP contribution in [0.2, 0.25) is 5.02 Å². The van der Waals surface area contributed by atoms with Crippen molar-refractivity contribution in [2.45, 2.75) is 45.3 Å². The Bertz CT molecular complexity index is 598. The summed E-state index contributed by atoms with van der Waals surface area (Å²) in [5, 5.41) is 9.60. The predicted molar refractivity (Wildman–Crippen MR) is 75.0 cm³/mol. The number of nitrogens with zero attached hydrogens (tertiary/aromatic N) is 4. The smallest absolute Gasteiger partial charge is 0.112 e. The highest BCUT2D eigenvalue weighted by atomic mass is 35.5. The molecular formula is C13H18ClN5.